The first kappa shape index (κ1) is 21.2. The van der Waals surface area contributed by atoms with Crippen LogP contribution in [0.4, 0.5) is 5.82 Å². The van der Waals surface area contributed by atoms with E-state index in [1.54, 1.807) is 4.57 Å². The van der Waals surface area contributed by atoms with Gasteiger partial charge in [0.15, 0.2) is 23.2 Å². The predicted molar refractivity (Wildman–Crippen MR) is 115 cm³/mol. The molecule has 3 unspecified atom stereocenters. The highest BCUT2D eigenvalue weighted by Crippen LogP contribution is 2.33. The van der Waals surface area contributed by atoms with Gasteiger partial charge in [-0.1, -0.05) is 30.3 Å². The van der Waals surface area contributed by atoms with Gasteiger partial charge in [-0.2, -0.15) is 0 Å². The Morgan fingerprint density at radius 3 is 2.72 bits per heavy atom. The summed E-state index contributed by atoms with van der Waals surface area (Å²) in [7, 11) is 0. The molecular formula is C22H27N5O5. The molecule has 1 aromatic carbocycles. The fraction of sp³-hybridized carbons (Fsp3) is 0.500. The van der Waals surface area contributed by atoms with Gasteiger partial charge in [-0.15, -0.1) is 0 Å². The summed E-state index contributed by atoms with van der Waals surface area (Å²) in [5.74, 6) is 0.584. The molecule has 32 heavy (non-hydrogen) atoms. The van der Waals surface area contributed by atoms with Gasteiger partial charge in [0.2, 0.25) is 0 Å². The Kier molecular flexibility index (Phi) is 6.03. The van der Waals surface area contributed by atoms with Crippen molar-refractivity contribution in [2.75, 3.05) is 11.9 Å². The van der Waals surface area contributed by atoms with Crippen LogP contribution in [0.1, 0.15) is 31.1 Å². The lowest BCUT2D eigenvalue weighted by Gasteiger charge is -2.22. The summed E-state index contributed by atoms with van der Waals surface area (Å²) >= 11 is 0. The molecule has 0 amide bonds. The minimum atomic E-state index is -1.21. The van der Waals surface area contributed by atoms with Gasteiger partial charge in [-0.05, 0) is 24.8 Å². The molecule has 5 rings (SSSR count). The molecule has 170 valence electrons. The molecule has 1 aliphatic carbocycles. The number of benzene rings is 1. The highest BCUT2D eigenvalue weighted by molar-refractivity contribution is 5.82. The first-order valence-electron chi connectivity index (χ1n) is 10.9. The number of aromatic nitrogens is 4. The van der Waals surface area contributed by atoms with E-state index in [4.69, 9.17) is 9.47 Å². The van der Waals surface area contributed by atoms with E-state index in [9.17, 15) is 15.3 Å². The average Bonchev–Trinajstić information content (AvgIpc) is 3.52. The van der Waals surface area contributed by atoms with Crippen LogP contribution in [0.5, 0.6) is 0 Å². The fourth-order valence-electron chi connectivity index (χ4n) is 4.50. The van der Waals surface area contributed by atoms with Crippen LogP contribution in [0, 0.1) is 0 Å². The Hall–Kier alpha value is -2.63. The van der Waals surface area contributed by atoms with Crippen LogP contribution in [-0.4, -0.2) is 71.9 Å². The molecule has 10 heteroatoms. The minimum absolute atomic E-state index is 0.0581. The summed E-state index contributed by atoms with van der Waals surface area (Å²) < 4.78 is 13.4. The smallest absolute Gasteiger partial charge is 0.167 e. The molecule has 4 N–H and O–H groups in total. The monoisotopic (exact) mass is 441 g/mol. The van der Waals surface area contributed by atoms with Crippen molar-refractivity contribution in [2.45, 2.75) is 62.6 Å². The Morgan fingerprint density at radius 2 is 1.94 bits per heavy atom. The van der Waals surface area contributed by atoms with E-state index in [1.165, 1.54) is 12.7 Å². The number of fused-ring (bicyclic) bond motifs is 1. The number of nitrogens with zero attached hydrogens (tertiary/aromatic N) is 4. The van der Waals surface area contributed by atoms with E-state index in [0.29, 0.717) is 23.6 Å². The van der Waals surface area contributed by atoms with Crippen LogP contribution < -0.4 is 5.32 Å². The number of rotatable bonds is 7. The molecule has 10 nitrogen and oxygen atoms in total. The summed E-state index contributed by atoms with van der Waals surface area (Å²) in [5.41, 5.74) is 2.15. The van der Waals surface area contributed by atoms with E-state index in [1.807, 2.05) is 18.2 Å². The maximum atomic E-state index is 10.4. The zero-order chi connectivity index (χ0) is 22.1. The third kappa shape index (κ3) is 3.96. The van der Waals surface area contributed by atoms with Gasteiger partial charge in [0.1, 0.15) is 24.6 Å². The molecule has 6 atom stereocenters. The number of hydrogen-bond acceptors (Lipinski definition) is 9. The van der Waals surface area contributed by atoms with Crippen molar-refractivity contribution in [2.24, 2.45) is 0 Å². The number of aliphatic hydroxyl groups excluding tert-OH is 3. The fourth-order valence-corrected chi connectivity index (χ4v) is 4.50. The molecule has 0 radical (unpaired) electrons. The minimum Gasteiger partial charge on any atom is -0.394 e. The van der Waals surface area contributed by atoms with Gasteiger partial charge in [0, 0.05) is 0 Å². The Labute approximate surface area is 184 Å². The maximum Gasteiger partial charge on any atom is 0.167 e. The van der Waals surface area contributed by atoms with Crippen molar-refractivity contribution >= 4 is 17.0 Å². The van der Waals surface area contributed by atoms with Crippen LogP contribution in [-0.2, 0) is 16.1 Å². The van der Waals surface area contributed by atoms with Gasteiger partial charge in [-0.25, -0.2) is 15.0 Å². The zero-order valence-electron chi connectivity index (χ0n) is 17.5. The van der Waals surface area contributed by atoms with Gasteiger partial charge in [0.25, 0.3) is 0 Å². The third-order valence-electron chi connectivity index (χ3n) is 6.23. The Balaban J connectivity index is 1.33. The van der Waals surface area contributed by atoms with Crippen LogP contribution in [0.3, 0.4) is 0 Å². The highest BCUT2D eigenvalue weighted by Gasteiger charge is 2.44. The van der Waals surface area contributed by atoms with Crippen LogP contribution in [0.15, 0.2) is 43.0 Å². The second kappa shape index (κ2) is 9.08. The first-order valence-corrected chi connectivity index (χ1v) is 10.9. The molecule has 3 aromatic rings. The zero-order valence-corrected chi connectivity index (χ0v) is 17.5. The second-order valence-electron chi connectivity index (χ2n) is 8.29. The Morgan fingerprint density at radius 1 is 1.09 bits per heavy atom. The lowest BCUT2D eigenvalue weighted by atomic mass is 10.1. The van der Waals surface area contributed by atoms with Crippen molar-refractivity contribution in [3.63, 3.8) is 0 Å². The van der Waals surface area contributed by atoms with E-state index < -0.39 is 31.1 Å². The van der Waals surface area contributed by atoms with Crippen LogP contribution >= 0.6 is 0 Å². The number of aliphatic hydroxyl groups is 3. The molecule has 0 bridgehead atoms. The first-order chi connectivity index (χ1) is 15.7. The molecule has 1 saturated heterocycles. The SMILES string of the molecule is OC[C@H]1OC(n2cnc3c(NC4CCCC4OCc4ccccc4)ncnc32)[C@H](O)[C@@H]1O. The van der Waals surface area contributed by atoms with Gasteiger partial charge < -0.3 is 30.1 Å². The average molecular weight is 441 g/mol. The summed E-state index contributed by atoms with van der Waals surface area (Å²) in [5, 5.41) is 33.3. The standard InChI is InChI=1S/C22H27N5O5/c28-9-16-18(29)19(30)22(32-16)27-12-25-17-20(23-11-24-21(17)27)26-14-7-4-8-15(14)31-10-13-5-2-1-3-6-13/h1-3,5-6,11-12,14-16,18-19,22,28-30H,4,7-10H2,(H,23,24,26)/t14?,15?,16-,18-,19-,22?/m1/s1. The predicted octanol–water partition coefficient (Wildman–Crippen LogP) is 0.988. The molecule has 1 aliphatic heterocycles. The molecule has 1 saturated carbocycles. The number of nitrogens with one attached hydrogen (secondary N) is 1. The van der Waals surface area contributed by atoms with Crippen molar-refractivity contribution in [1.29, 1.82) is 0 Å². The molecule has 2 fully saturated rings. The van der Waals surface area contributed by atoms with E-state index >= 15 is 0 Å². The quantitative estimate of drug-likeness (QED) is 0.423. The van der Waals surface area contributed by atoms with Crippen molar-refractivity contribution < 1.29 is 24.8 Å². The van der Waals surface area contributed by atoms with E-state index in [-0.39, 0.29) is 12.1 Å². The second-order valence-corrected chi connectivity index (χ2v) is 8.29. The molecule has 2 aromatic heterocycles. The molecule has 2 aliphatic rings. The number of ether oxygens (including phenoxy) is 2. The topological polar surface area (TPSA) is 135 Å². The van der Waals surface area contributed by atoms with Gasteiger partial charge in [0.05, 0.1) is 31.7 Å². The summed E-state index contributed by atoms with van der Waals surface area (Å²) in [6.07, 6.45) is 1.81. The van der Waals surface area contributed by atoms with Gasteiger partial charge in [-0.3, -0.25) is 4.57 Å². The summed E-state index contributed by atoms with van der Waals surface area (Å²) in [6, 6.07) is 10.2. The lowest BCUT2D eigenvalue weighted by molar-refractivity contribution is -0.0511. The van der Waals surface area contributed by atoms with Crippen LogP contribution in [0.25, 0.3) is 11.2 Å². The Bertz CT molecular complexity index is 1050. The third-order valence-corrected chi connectivity index (χ3v) is 6.23. The van der Waals surface area contributed by atoms with Crippen molar-refractivity contribution in [3.8, 4) is 0 Å². The normalized spacial score (nSPS) is 30.2. The van der Waals surface area contributed by atoms with Crippen molar-refractivity contribution in [1.82, 2.24) is 19.5 Å². The van der Waals surface area contributed by atoms with E-state index in [0.717, 1.165) is 24.8 Å². The number of imidazole rings is 1. The highest BCUT2D eigenvalue weighted by atomic mass is 16.6. The summed E-state index contributed by atoms with van der Waals surface area (Å²) in [6.45, 7) is 0.165. The van der Waals surface area contributed by atoms with Crippen LogP contribution in [0.2, 0.25) is 0 Å². The maximum absolute atomic E-state index is 10.4. The largest absolute Gasteiger partial charge is 0.394 e. The van der Waals surface area contributed by atoms with E-state index in [2.05, 4.69) is 32.4 Å². The van der Waals surface area contributed by atoms with Gasteiger partial charge >= 0.3 is 0 Å². The number of anilines is 1. The lowest BCUT2D eigenvalue weighted by Crippen LogP contribution is -2.33. The van der Waals surface area contributed by atoms with Crippen molar-refractivity contribution in [3.05, 3.63) is 48.5 Å². The number of hydrogen-bond donors (Lipinski definition) is 4. The molecular weight excluding hydrogens is 414 g/mol. The molecule has 0 spiro atoms. The molecule has 3 heterocycles. The summed E-state index contributed by atoms with van der Waals surface area (Å²) in [4.78, 5) is 13.1.